The van der Waals surface area contributed by atoms with Crippen LogP contribution in [0.2, 0.25) is 0 Å². The number of hydrogen-bond donors (Lipinski definition) is 1. The monoisotopic (exact) mass is 388 g/mol. The van der Waals surface area contributed by atoms with Gasteiger partial charge in [0.05, 0.1) is 0 Å². The molecule has 1 atom stereocenters. The van der Waals surface area contributed by atoms with Crippen LogP contribution < -0.4 is 5.32 Å². The molecule has 5 heteroatoms. The van der Waals surface area contributed by atoms with Crippen LogP contribution in [0, 0.1) is 0 Å². The van der Waals surface area contributed by atoms with Gasteiger partial charge in [-0.05, 0) is 21.9 Å². The Balaban J connectivity index is 1.42. The van der Waals surface area contributed by atoms with Gasteiger partial charge in [-0.25, -0.2) is 0 Å². The number of esters is 1. The summed E-state index contributed by atoms with van der Waals surface area (Å²) in [5.74, 6) is -0.243. The molecule has 0 radical (unpaired) electrons. The first kappa shape index (κ1) is 19.3. The van der Waals surface area contributed by atoms with Crippen molar-refractivity contribution in [2.75, 3.05) is 19.6 Å². The summed E-state index contributed by atoms with van der Waals surface area (Å²) in [7, 11) is 0. The molecular formula is C24H24N2O3. The van der Waals surface area contributed by atoms with E-state index < -0.39 is 0 Å². The molecule has 5 nitrogen and oxygen atoms in total. The lowest BCUT2D eigenvalue weighted by molar-refractivity contribution is -0.148. The molecule has 0 aromatic heterocycles. The van der Waals surface area contributed by atoms with E-state index in [4.69, 9.17) is 4.74 Å². The average Bonchev–Trinajstić information content (AvgIpc) is 2.78. The second-order valence-electron chi connectivity index (χ2n) is 7.31. The molecule has 1 saturated heterocycles. The number of fused-ring (bicyclic) bond motifs is 1. The van der Waals surface area contributed by atoms with Crippen LogP contribution in [0.1, 0.15) is 21.5 Å². The molecule has 0 bridgehead atoms. The van der Waals surface area contributed by atoms with Crippen LogP contribution in [-0.4, -0.2) is 42.8 Å². The number of carbonyl (C=O) groups is 2. The van der Waals surface area contributed by atoms with Gasteiger partial charge in [0.2, 0.25) is 0 Å². The summed E-state index contributed by atoms with van der Waals surface area (Å²) in [6, 6.07) is 21.3. The van der Waals surface area contributed by atoms with Crippen molar-refractivity contribution in [3.05, 3.63) is 83.4 Å². The van der Waals surface area contributed by atoms with Gasteiger partial charge in [-0.3, -0.25) is 14.5 Å². The maximum Gasteiger partial charge on any atom is 0.324 e. The molecule has 3 aromatic rings. The molecule has 148 valence electrons. The number of hydrogen-bond acceptors (Lipinski definition) is 5. The zero-order chi connectivity index (χ0) is 20.1. The molecular weight excluding hydrogens is 364 g/mol. The van der Waals surface area contributed by atoms with E-state index in [1.807, 2.05) is 66.7 Å². The number of ether oxygens (including phenoxy) is 1. The topological polar surface area (TPSA) is 58.6 Å². The Morgan fingerprint density at radius 2 is 1.86 bits per heavy atom. The number of carbonyl (C=O) groups excluding carboxylic acids is 2. The quantitative estimate of drug-likeness (QED) is 0.519. The highest BCUT2D eigenvalue weighted by atomic mass is 16.5. The van der Waals surface area contributed by atoms with Crippen molar-refractivity contribution in [2.45, 2.75) is 19.2 Å². The maximum absolute atomic E-state index is 12.5. The number of nitrogens with zero attached hydrogens (tertiary/aromatic N) is 1. The fourth-order valence-electron chi connectivity index (χ4n) is 3.80. The van der Waals surface area contributed by atoms with Crippen molar-refractivity contribution in [3.63, 3.8) is 0 Å². The fourth-order valence-corrected chi connectivity index (χ4v) is 3.80. The standard InChI is InChI=1S/C24H24N2O3/c27-16-22-20(11-10-19-8-4-5-9-21(19)22)14-26-13-12-25-23(15-26)24(28)29-17-18-6-2-1-3-7-18/h1-11,16,23,25H,12-15,17H2. The van der Waals surface area contributed by atoms with E-state index >= 15 is 0 Å². The molecule has 0 saturated carbocycles. The highest BCUT2D eigenvalue weighted by molar-refractivity contribution is 5.99. The molecule has 29 heavy (non-hydrogen) atoms. The van der Waals surface area contributed by atoms with Crippen LogP contribution >= 0.6 is 0 Å². The minimum absolute atomic E-state index is 0.243. The summed E-state index contributed by atoms with van der Waals surface area (Å²) in [5.41, 5.74) is 2.68. The third-order valence-corrected chi connectivity index (χ3v) is 5.34. The van der Waals surface area contributed by atoms with Crippen LogP contribution in [0.4, 0.5) is 0 Å². The molecule has 0 amide bonds. The van der Waals surface area contributed by atoms with Gasteiger partial charge >= 0.3 is 5.97 Å². The number of rotatable bonds is 6. The predicted octanol–water partition coefficient (Wildman–Crippen LogP) is 3.17. The van der Waals surface area contributed by atoms with E-state index in [1.165, 1.54) is 0 Å². The Kier molecular flexibility index (Phi) is 5.98. The van der Waals surface area contributed by atoms with Crippen molar-refractivity contribution in [3.8, 4) is 0 Å². The summed E-state index contributed by atoms with van der Waals surface area (Å²) in [6.07, 6.45) is 0.936. The molecule has 0 spiro atoms. The van der Waals surface area contributed by atoms with Crippen molar-refractivity contribution in [2.24, 2.45) is 0 Å². The lowest BCUT2D eigenvalue weighted by atomic mass is 9.99. The molecule has 1 N–H and O–H groups in total. The van der Waals surface area contributed by atoms with Crippen LogP contribution in [0.3, 0.4) is 0 Å². The second-order valence-corrected chi connectivity index (χ2v) is 7.31. The van der Waals surface area contributed by atoms with E-state index in [2.05, 4.69) is 10.2 Å². The molecule has 0 aliphatic carbocycles. The summed E-state index contributed by atoms with van der Waals surface area (Å²) >= 11 is 0. The predicted molar refractivity (Wildman–Crippen MR) is 113 cm³/mol. The third kappa shape index (κ3) is 4.53. The minimum Gasteiger partial charge on any atom is -0.460 e. The maximum atomic E-state index is 12.5. The SMILES string of the molecule is O=Cc1c(CN2CCNC(C(=O)OCc3ccccc3)C2)ccc2ccccc12. The molecule has 1 fully saturated rings. The van der Waals surface area contributed by atoms with Gasteiger partial charge in [-0.1, -0.05) is 66.7 Å². The number of piperazine rings is 1. The van der Waals surface area contributed by atoms with Gasteiger partial charge in [0.1, 0.15) is 12.6 Å². The van der Waals surface area contributed by atoms with E-state index in [0.717, 1.165) is 40.3 Å². The van der Waals surface area contributed by atoms with E-state index in [0.29, 0.717) is 19.6 Å². The van der Waals surface area contributed by atoms with Crippen molar-refractivity contribution in [1.29, 1.82) is 0 Å². The van der Waals surface area contributed by atoms with Crippen molar-refractivity contribution in [1.82, 2.24) is 10.2 Å². The van der Waals surface area contributed by atoms with Gasteiger partial charge in [-0.15, -0.1) is 0 Å². The van der Waals surface area contributed by atoms with Gasteiger partial charge in [0.25, 0.3) is 0 Å². The van der Waals surface area contributed by atoms with E-state index in [-0.39, 0.29) is 18.6 Å². The Bertz CT molecular complexity index is 1000. The highest BCUT2D eigenvalue weighted by Crippen LogP contribution is 2.22. The summed E-state index contributed by atoms with van der Waals surface area (Å²) in [5, 5.41) is 5.27. The number of aldehydes is 1. The van der Waals surface area contributed by atoms with Gasteiger partial charge in [0, 0.05) is 31.7 Å². The third-order valence-electron chi connectivity index (χ3n) is 5.34. The van der Waals surface area contributed by atoms with Crippen LogP contribution in [0.5, 0.6) is 0 Å². The largest absolute Gasteiger partial charge is 0.460 e. The number of benzene rings is 3. The van der Waals surface area contributed by atoms with Crippen LogP contribution in [0.25, 0.3) is 10.8 Å². The second kappa shape index (κ2) is 8.99. The fraction of sp³-hybridized carbons (Fsp3) is 0.250. The normalized spacial score (nSPS) is 17.2. The molecule has 1 aliphatic rings. The average molecular weight is 388 g/mol. The molecule has 1 heterocycles. The lowest BCUT2D eigenvalue weighted by Gasteiger charge is -2.32. The van der Waals surface area contributed by atoms with Gasteiger partial charge in [-0.2, -0.15) is 0 Å². The Hall–Kier alpha value is -3.02. The lowest BCUT2D eigenvalue weighted by Crippen LogP contribution is -2.54. The summed E-state index contributed by atoms with van der Waals surface area (Å²) in [6.45, 7) is 2.97. The minimum atomic E-state index is -0.368. The van der Waals surface area contributed by atoms with Crippen molar-refractivity contribution < 1.29 is 14.3 Å². The Morgan fingerprint density at radius 3 is 2.69 bits per heavy atom. The molecule has 1 unspecified atom stereocenters. The highest BCUT2D eigenvalue weighted by Gasteiger charge is 2.27. The first-order valence-electron chi connectivity index (χ1n) is 9.86. The van der Waals surface area contributed by atoms with Gasteiger partial charge < -0.3 is 10.1 Å². The number of nitrogens with one attached hydrogen (secondary N) is 1. The Labute approximate surface area is 170 Å². The van der Waals surface area contributed by atoms with E-state index in [9.17, 15) is 9.59 Å². The first-order valence-corrected chi connectivity index (χ1v) is 9.86. The van der Waals surface area contributed by atoms with Crippen molar-refractivity contribution >= 4 is 23.0 Å². The summed E-state index contributed by atoms with van der Waals surface area (Å²) < 4.78 is 5.48. The van der Waals surface area contributed by atoms with Crippen LogP contribution in [0.15, 0.2) is 66.7 Å². The molecule has 1 aliphatic heterocycles. The zero-order valence-electron chi connectivity index (χ0n) is 16.2. The zero-order valence-corrected chi connectivity index (χ0v) is 16.2. The van der Waals surface area contributed by atoms with Crippen LogP contribution in [-0.2, 0) is 22.7 Å². The first-order chi connectivity index (χ1) is 14.2. The summed E-state index contributed by atoms with van der Waals surface area (Å²) in [4.78, 5) is 26.5. The smallest absolute Gasteiger partial charge is 0.324 e. The Morgan fingerprint density at radius 1 is 1.07 bits per heavy atom. The molecule has 4 rings (SSSR count). The van der Waals surface area contributed by atoms with Gasteiger partial charge in [0.15, 0.2) is 6.29 Å². The van der Waals surface area contributed by atoms with E-state index in [1.54, 1.807) is 0 Å². The molecule has 3 aromatic carbocycles.